The fraction of sp³-hybridized carbons (Fsp3) is 0.846. The van der Waals surface area contributed by atoms with Crippen LogP contribution in [-0.2, 0) is 0 Å². The van der Waals surface area contributed by atoms with E-state index in [1.165, 1.54) is 32.1 Å². The molecule has 0 radical (unpaired) electrons. The first-order valence-corrected chi connectivity index (χ1v) is 5.58. The van der Waals surface area contributed by atoms with Crippen LogP contribution in [0, 0.1) is 10.8 Å². The molecule has 0 saturated heterocycles. The lowest BCUT2D eigenvalue weighted by atomic mass is 9.78. The van der Waals surface area contributed by atoms with E-state index in [1.54, 1.807) is 11.1 Å². The molecule has 0 N–H and O–H groups in total. The predicted octanol–water partition coefficient (Wildman–Crippen LogP) is 4.31. The Morgan fingerprint density at radius 2 is 1.46 bits per heavy atom. The second kappa shape index (κ2) is 2.62. The minimum absolute atomic E-state index is 0.616. The van der Waals surface area contributed by atoms with Gasteiger partial charge in [0.25, 0.3) is 0 Å². The number of allylic oxidation sites excluding steroid dienone is 2. The predicted molar refractivity (Wildman–Crippen MR) is 57.7 cm³/mol. The lowest BCUT2D eigenvalue weighted by molar-refractivity contribution is 0.265. The van der Waals surface area contributed by atoms with Crippen LogP contribution in [-0.4, -0.2) is 0 Å². The molecule has 2 aliphatic rings. The molecule has 1 saturated carbocycles. The molecule has 0 aromatic heterocycles. The molecule has 0 bridgehead atoms. The Kier molecular flexibility index (Phi) is 1.87. The molecule has 74 valence electrons. The smallest absolute Gasteiger partial charge is 0.0218 e. The van der Waals surface area contributed by atoms with E-state index in [0.29, 0.717) is 10.8 Å². The Labute approximate surface area is 82.4 Å². The second-order valence-electron chi connectivity index (χ2n) is 6.26. The summed E-state index contributed by atoms with van der Waals surface area (Å²) < 4.78 is 0. The van der Waals surface area contributed by atoms with E-state index in [2.05, 4.69) is 27.7 Å². The third-order valence-electron chi connectivity index (χ3n) is 4.19. The van der Waals surface area contributed by atoms with Crippen molar-refractivity contribution in [3.63, 3.8) is 0 Å². The lowest BCUT2D eigenvalue weighted by Gasteiger charge is -2.26. The van der Waals surface area contributed by atoms with Crippen LogP contribution in [0.3, 0.4) is 0 Å². The van der Waals surface area contributed by atoms with Gasteiger partial charge in [-0.25, -0.2) is 0 Å². The van der Waals surface area contributed by atoms with E-state index in [9.17, 15) is 0 Å². The summed E-state index contributed by atoms with van der Waals surface area (Å²) in [5, 5.41) is 0. The standard InChI is InChI=1S/C13H22/c1-10-7-13(8-11(10)2)6-5-12(3,4)9-13/h5-9H2,1-4H3. The molecular weight excluding hydrogens is 156 g/mol. The average Bonchev–Trinajstić information content (AvgIpc) is 2.38. The minimum atomic E-state index is 0.616. The fourth-order valence-electron chi connectivity index (χ4n) is 3.59. The van der Waals surface area contributed by atoms with Crippen LogP contribution in [0.25, 0.3) is 0 Å². The minimum Gasteiger partial charge on any atom is -0.0738 e. The van der Waals surface area contributed by atoms with E-state index in [0.717, 1.165) is 0 Å². The van der Waals surface area contributed by atoms with Crippen molar-refractivity contribution in [2.24, 2.45) is 10.8 Å². The maximum absolute atomic E-state index is 2.44. The molecule has 13 heavy (non-hydrogen) atoms. The van der Waals surface area contributed by atoms with Crippen LogP contribution in [0.4, 0.5) is 0 Å². The highest BCUT2D eigenvalue weighted by molar-refractivity contribution is 5.22. The largest absolute Gasteiger partial charge is 0.0738 e. The third kappa shape index (κ3) is 1.56. The molecule has 1 fully saturated rings. The Hall–Kier alpha value is -0.260. The van der Waals surface area contributed by atoms with Gasteiger partial charge in [-0.05, 0) is 56.8 Å². The molecule has 0 amide bonds. The second-order valence-corrected chi connectivity index (χ2v) is 6.26. The van der Waals surface area contributed by atoms with Crippen molar-refractivity contribution >= 4 is 0 Å². The number of hydrogen-bond donors (Lipinski definition) is 0. The summed E-state index contributed by atoms with van der Waals surface area (Å²) >= 11 is 0. The van der Waals surface area contributed by atoms with Gasteiger partial charge in [0.1, 0.15) is 0 Å². The molecule has 1 spiro atoms. The van der Waals surface area contributed by atoms with Crippen molar-refractivity contribution in [1.29, 1.82) is 0 Å². The first-order chi connectivity index (χ1) is 5.93. The zero-order valence-electron chi connectivity index (χ0n) is 9.54. The van der Waals surface area contributed by atoms with Gasteiger partial charge in [0.05, 0.1) is 0 Å². The van der Waals surface area contributed by atoms with Gasteiger partial charge in [-0.15, -0.1) is 0 Å². The summed E-state index contributed by atoms with van der Waals surface area (Å²) in [6.45, 7) is 9.53. The summed E-state index contributed by atoms with van der Waals surface area (Å²) in [6.07, 6.45) is 7.14. The van der Waals surface area contributed by atoms with Crippen molar-refractivity contribution in [2.75, 3.05) is 0 Å². The van der Waals surface area contributed by atoms with Crippen LogP contribution in [0.15, 0.2) is 11.1 Å². The van der Waals surface area contributed by atoms with Crippen molar-refractivity contribution in [2.45, 2.75) is 59.8 Å². The van der Waals surface area contributed by atoms with E-state index in [1.807, 2.05) is 0 Å². The Balaban J connectivity index is 2.13. The first kappa shape index (κ1) is 9.30. The number of rotatable bonds is 0. The summed E-state index contributed by atoms with van der Waals surface area (Å²) in [5.74, 6) is 0. The highest BCUT2D eigenvalue weighted by Gasteiger charge is 2.45. The zero-order chi connectivity index (χ0) is 9.69. The van der Waals surface area contributed by atoms with Gasteiger partial charge in [-0.1, -0.05) is 25.0 Å². The highest BCUT2D eigenvalue weighted by atomic mass is 14.5. The zero-order valence-corrected chi connectivity index (χ0v) is 9.54. The van der Waals surface area contributed by atoms with E-state index >= 15 is 0 Å². The van der Waals surface area contributed by atoms with Crippen LogP contribution >= 0.6 is 0 Å². The molecule has 2 aliphatic carbocycles. The van der Waals surface area contributed by atoms with Gasteiger partial charge in [-0.3, -0.25) is 0 Å². The molecule has 0 heterocycles. The van der Waals surface area contributed by atoms with Gasteiger partial charge >= 0.3 is 0 Å². The van der Waals surface area contributed by atoms with Gasteiger partial charge in [0, 0.05) is 0 Å². The molecule has 2 rings (SSSR count). The fourth-order valence-corrected chi connectivity index (χ4v) is 3.59. The van der Waals surface area contributed by atoms with Crippen LogP contribution in [0.5, 0.6) is 0 Å². The first-order valence-electron chi connectivity index (χ1n) is 5.58. The average molecular weight is 178 g/mol. The molecule has 0 aliphatic heterocycles. The molecule has 0 nitrogen and oxygen atoms in total. The van der Waals surface area contributed by atoms with E-state index in [4.69, 9.17) is 0 Å². The van der Waals surface area contributed by atoms with Gasteiger partial charge in [0.2, 0.25) is 0 Å². The van der Waals surface area contributed by atoms with Crippen LogP contribution in [0.2, 0.25) is 0 Å². The Bertz CT molecular complexity index is 241. The Morgan fingerprint density at radius 3 is 1.85 bits per heavy atom. The molecular formula is C13H22. The van der Waals surface area contributed by atoms with Crippen LogP contribution < -0.4 is 0 Å². The molecule has 0 heteroatoms. The van der Waals surface area contributed by atoms with Gasteiger partial charge < -0.3 is 0 Å². The summed E-state index contributed by atoms with van der Waals surface area (Å²) in [5.41, 5.74) is 4.66. The van der Waals surface area contributed by atoms with Crippen LogP contribution in [0.1, 0.15) is 59.8 Å². The van der Waals surface area contributed by atoms with Crippen molar-refractivity contribution in [3.8, 4) is 0 Å². The monoisotopic (exact) mass is 178 g/mol. The number of hydrogen-bond acceptors (Lipinski definition) is 0. The molecule has 0 aromatic carbocycles. The third-order valence-corrected chi connectivity index (χ3v) is 4.19. The summed E-state index contributed by atoms with van der Waals surface area (Å²) in [7, 11) is 0. The van der Waals surface area contributed by atoms with Crippen molar-refractivity contribution in [3.05, 3.63) is 11.1 Å². The molecule has 0 unspecified atom stereocenters. The van der Waals surface area contributed by atoms with Gasteiger partial charge in [-0.2, -0.15) is 0 Å². The van der Waals surface area contributed by atoms with E-state index in [-0.39, 0.29) is 0 Å². The van der Waals surface area contributed by atoms with Gasteiger partial charge in [0.15, 0.2) is 0 Å². The molecule has 0 aromatic rings. The highest BCUT2D eigenvalue weighted by Crippen LogP contribution is 2.58. The van der Waals surface area contributed by atoms with E-state index < -0.39 is 0 Å². The summed E-state index contributed by atoms with van der Waals surface area (Å²) in [6, 6.07) is 0. The Morgan fingerprint density at radius 1 is 0.923 bits per heavy atom. The molecule has 0 atom stereocenters. The maximum Gasteiger partial charge on any atom is -0.0218 e. The summed E-state index contributed by atoms with van der Waals surface area (Å²) in [4.78, 5) is 0. The maximum atomic E-state index is 2.44. The van der Waals surface area contributed by atoms with Crippen molar-refractivity contribution in [1.82, 2.24) is 0 Å². The SMILES string of the molecule is CC1=C(C)CC2(CCC(C)(C)C2)C1. The topological polar surface area (TPSA) is 0 Å². The normalized spacial score (nSPS) is 30.5. The quantitative estimate of drug-likeness (QED) is 0.485. The van der Waals surface area contributed by atoms with Crippen molar-refractivity contribution < 1.29 is 0 Å². The lowest BCUT2D eigenvalue weighted by Crippen LogP contribution is -2.15.